The van der Waals surface area contributed by atoms with Gasteiger partial charge in [-0.15, -0.1) is 24.0 Å². The number of nitrogens with zero attached hydrogens (tertiary/aromatic N) is 1. The molecule has 0 saturated carbocycles. The van der Waals surface area contributed by atoms with Gasteiger partial charge in [-0.05, 0) is 25.5 Å². The maximum atomic E-state index is 13.0. The van der Waals surface area contributed by atoms with E-state index in [1.54, 1.807) is 30.3 Å². The number of nitrogens with one attached hydrogen (secondary N) is 1. The van der Waals surface area contributed by atoms with Gasteiger partial charge in [-0.2, -0.15) is 0 Å². The largest absolute Gasteiger partial charge is 0.383 e. The summed E-state index contributed by atoms with van der Waals surface area (Å²) in [7, 11) is 0. The van der Waals surface area contributed by atoms with Crippen LogP contribution >= 0.6 is 24.0 Å². The lowest BCUT2D eigenvalue weighted by atomic mass is 9.83. The van der Waals surface area contributed by atoms with Gasteiger partial charge in [0.05, 0.1) is 5.56 Å². The number of hydrogen-bond donors (Lipinski definition) is 1. The van der Waals surface area contributed by atoms with Gasteiger partial charge in [-0.25, -0.2) is 0 Å². The Balaban J connectivity index is 0.00000210. The number of rotatable bonds is 5. The summed E-state index contributed by atoms with van der Waals surface area (Å²) < 4.78 is 0. The maximum absolute atomic E-state index is 13.0. The smallest absolute Gasteiger partial charge is 0.196 e. The monoisotopic (exact) mass is 404 g/mol. The molecule has 0 radical (unpaired) electrons. The van der Waals surface area contributed by atoms with Crippen LogP contribution in [0.15, 0.2) is 42.5 Å². The van der Waals surface area contributed by atoms with E-state index >= 15 is 0 Å². The number of alkyl halides is 1. The van der Waals surface area contributed by atoms with E-state index in [0.717, 1.165) is 25.2 Å². The van der Waals surface area contributed by atoms with E-state index in [9.17, 15) is 9.59 Å². The Labute approximate surface area is 170 Å². The molecule has 4 nitrogen and oxygen atoms in total. The third-order valence-electron chi connectivity index (χ3n) is 5.34. The highest BCUT2D eigenvalue weighted by atomic mass is 35.5. The zero-order valence-electron chi connectivity index (χ0n) is 14.9. The minimum Gasteiger partial charge on any atom is -0.383 e. The summed E-state index contributed by atoms with van der Waals surface area (Å²) in [5.74, 6) is 0.489. The fourth-order valence-electron chi connectivity index (χ4n) is 3.99. The minimum absolute atomic E-state index is 0. The van der Waals surface area contributed by atoms with E-state index in [4.69, 9.17) is 11.6 Å². The first kappa shape index (κ1) is 19.9. The molecule has 142 valence electrons. The number of carbonyl (C=O) groups excluding carboxylic acids is 2. The lowest BCUT2D eigenvalue weighted by Crippen LogP contribution is -2.35. The number of carbonyl (C=O) groups is 2. The summed E-state index contributed by atoms with van der Waals surface area (Å²) in [5.41, 5.74) is 2.69. The molecule has 2 aromatic carbocycles. The molecule has 4 rings (SSSR count). The molecule has 0 amide bonds. The average Bonchev–Trinajstić information content (AvgIpc) is 3.13. The molecule has 1 heterocycles. The molecular formula is C21H22Cl2N2O2. The Morgan fingerprint density at radius 2 is 1.70 bits per heavy atom. The minimum atomic E-state index is -0.0851. The van der Waals surface area contributed by atoms with E-state index in [0.29, 0.717) is 40.7 Å². The molecular weight excluding hydrogens is 383 g/mol. The van der Waals surface area contributed by atoms with Gasteiger partial charge in [0.15, 0.2) is 11.6 Å². The zero-order valence-corrected chi connectivity index (χ0v) is 16.5. The number of likely N-dealkylation sites (tertiary alicyclic amines) is 1. The van der Waals surface area contributed by atoms with E-state index in [2.05, 4.69) is 10.2 Å². The van der Waals surface area contributed by atoms with Gasteiger partial charge in [-0.3, -0.25) is 14.5 Å². The summed E-state index contributed by atoms with van der Waals surface area (Å²) in [4.78, 5) is 28.1. The second-order valence-corrected chi connectivity index (χ2v) is 7.15. The predicted molar refractivity (Wildman–Crippen MR) is 111 cm³/mol. The van der Waals surface area contributed by atoms with Crippen LogP contribution in [0.1, 0.15) is 44.7 Å². The molecule has 0 aromatic heterocycles. The number of benzene rings is 2. The molecule has 6 heteroatoms. The first-order valence-corrected chi connectivity index (χ1v) is 9.59. The molecule has 1 unspecified atom stereocenters. The van der Waals surface area contributed by atoms with E-state index in [-0.39, 0.29) is 24.0 Å². The molecule has 1 N–H and O–H groups in total. The highest BCUT2D eigenvalue weighted by molar-refractivity contribution is 6.30. The van der Waals surface area contributed by atoms with Crippen LogP contribution in [0, 0.1) is 0 Å². The Morgan fingerprint density at radius 1 is 1.00 bits per heavy atom. The average molecular weight is 405 g/mol. The van der Waals surface area contributed by atoms with Crippen LogP contribution in [0.3, 0.4) is 0 Å². The Morgan fingerprint density at radius 3 is 2.44 bits per heavy atom. The van der Waals surface area contributed by atoms with Crippen molar-refractivity contribution in [2.45, 2.75) is 18.9 Å². The molecule has 27 heavy (non-hydrogen) atoms. The van der Waals surface area contributed by atoms with Crippen molar-refractivity contribution < 1.29 is 9.59 Å². The van der Waals surface area contributed by atoms with Gasteiger partial charge in [-0.1, -0.05) is 36.4 Å². The van der Waals surface area contributed by atoms with Crippen LogP contribution in [-0.2, 0) is 0 Å². The first-order chi connectivity index (χ1) is 12.7. The highest BCUT2D eigenvalue weighted by Crippen LogP contribution is 2.31. The molecule has 1 atom stereocenters. The highest BCUT2D eigenvalue weighted by Gasteiger charge is 2.31. The summed E-state index contributed by atoms with van der Waals surface area (Å²) in [6.07, 6.45) is 2.33. The van der Waals surface area contributed by atoms with Crippen molar-refractivity contribution in [3.8, 4) is 0 Å². The summed E-state index contributed by atoms with van der Waals surface area (Å²) in [6.45, 7) is 2.66. The van der Waals surface area contributed by atoms with Gasteiger partial charge < -0.3 is 5.32 Å². The zero-order chi connectivity index (χ0) is 18.1. The van der Waals surface area contributed by atoms with Crippen molar-refractivity contribution in [3.05, 3.63) is 64.7 Å². The Hall–Kier alpha value is -1.88. The molecule has 0 bridgehead atoms. The third-order valence-corrected chi connectivity index (χ3v) is 5.70. The molecule has 1 aliphatic carbocycles. The maximum Gasteiger partial charge on any atom is 0.196 e. The lowest BCUT2D eigenvalue weighted by Gasteiger charge is -2.24. The Bertz CT molecular complexity index is 869. The molecule has 1 aliphatic heterocycles. The van der Waals surface area contributed by atoms with Gasteiger partial charge >= 0.3 is 0 Å². The van der Waals surface area contributed by atoms with Crippen LogP contribution in [0.5, 0.6) is 0 Å². The topological polar surface area (TPSA) is 49.4 Å². The number of fused-ring (bicyclic) bond motifs is 2. The first-order valence-electron chi connectivity index (χ1n) is 9.06. The van der Waals surface area contributed by atoms with Crippen molar-refractivity contribution in [2.75, 3.05) is 30.8 Å². The van der Waals surface area contributed by atoms with Gasteiger partial charge in [0.2, 0.25) is 0 Å². The van der Waals surface area contributed by atoms with Crippen LogP contribution in [0.4, 0.5) is 5.69 Å². The number of ketones is 2. The quantitative estimate of drug-likeness (QED) is 0.652. The molecule has 1 fully saturated rings. The standard InChI is InChI=1S/C21H21ClN2O2.ClH/c22-13-14-5-4-11-24(14)12-10-23-18-9-3-8-17-19(18)21(26)16-7-2-1-6-15(16)20(17)25;/h1-3,6-9,14,23H,4-5,10-13H2;1H. The van der Waals surface area contributed by atoms with Crippen LogP contribution in [-0.4, -0.2) is 48.0 Å². The van der Waals surface area contributed by atoms with E-state index in [1.807, 2.05) is 12.1 Å². The molecule has 2 aromatic rings. The second kappa shape index (κ2) is 8.42. The molecule has 1 saturated heterocycles. The van der Waals surface area contributed by atoms with Crippen molar-refractivity contribution in [1.29, 1.82) is 0 Å². The van der Waals surface area contributed by atoms with Crippen molar-refractivity contribution in [2.24, 2.45) is 0 Å². The summed E-state index contributed by atoms with van der Waals surface area (Å²) in [6, 6.07) is 12.9. The van der Waals surface area contributed by atoms with Crippen molar-refractivity contribution in [1.82, 2.24) is 4.90 Å². The summed E-state index contributed by atoms with van der Waals surface area (Å²) in [5, 5.41) is 3.37. The van der Waals surface area contributed by atoms with Crippen LogP contribution < -0.4 is 5.32 Å². The number of anilines is 1. The SMILES string of the molecule is Cl.O=C1c2ccccc2C(=O)c2c(NCCN3CCCC3CCl)cccc21. The third kappa shape index (κ3) is 3.62. The fourth-order valence-corrected chi connectivity index (χ4v) is 4.34. The van der Waals surface area contributed by atoms with E-state index < -0.39 is 0 Å². The Kier molecular flexibility index (Phi) is 6.20. The normalized spacial score (nSPS) is 18.6. The van der Waals surface area contributed by atoms with E-state index in [1.165, 1.54) is 6.42 Å². The van der Waals surface area contributed by atoms with Crippen LogP contribution in [0.2, 0.25) is 0 Å². The van der Waals surface area contributed by atoms with Gasteiger partial charge in [0, 0.05) is 47.4 Å². The second-order valence-electron chi connectivity index (χ2n) is 6.85. The molecule has 0 spiro atoms. The summed E-state index contributed by atoms with van der Waals surface area (Å²) >= 11 is 6.03. The van der Waals surface area contributed by atoms with Gasteiger partial charge in [0.25, 0.3) is 0 Å². The molecule has 2 aliphatic rings. The predicted octanol–water partition coefficient (Wildman–Crippen LogP) is 4.00. The van der Waals surface area contributed by atoms with Gasteiger partial charge in [0.1, 0.15) is 0 Å². The van der Waals surface area contributed by atoms with Crippen molar-refractivity contribution in [3.63, 3.8) is 0 Å². The fraction of sp³-hybridized carbons (Fsp3) is 0.333. The lowest BCUT2D eigenvalue weighted by molar-refractivity contribution is 0.0979. The van der Waals surface area contributed by atoms with Crippen molar-refractivity contribution >= 4 is 41.3 Å². The van der Waals surface area contributed by atoms with Crippen LogP contribution in [0.25, 0.3) is 0 Å². The number of halogens is 2. The number of hydrogen-bond acceptors (Lipinski definition) is 4.